The molecule has 1 aliphatic rings. The molecule has 1 aliphatic carbocycles. The van der Waals surface area contributed by atoms with Gasteiger partial charge in [0.25, 0.3) is 0 Å². The Hall–Kier alpha value is -3.79. The number of aromatic nitrogens is 4. The van der Waals surface area contributed by atoms with E-state index in [0.29, 0.717) is 30.2 Å². The van der Waals surface area contributed by atoms with Crippen LogP contribution in [0.15, 0.2) is 48.5 Å². The smallest absolute Gasteiger partial charge is 0.247 e. The van der Waals surface area contributed by atoms with Crippen molar-refractivity contribution in [3.05, 3.63) is 59.7 Å². The van der Waals surface area contributed by atoms with E-state index < -0.39 is 6.04 Å². The third kappa shape index (κ3) is 6.95. The molecule has 2 aromatic carbocycles. The van der Waals surface area contributed by atoms with Crippen LogP contribution < -0.4 is 10.1 Å². The maximum Gasteiger partial charge on any atom is 0.247 e. The standard InChI is InChI=1S/C28H36N6O4/c1-3-38-24-15-13-21(14-16-24)26(28(37)29-23-7-4-5-8-23)33(17-6-18-35)25(36)19-34-31-27(30-32-34)22-11-9-20(2)10-12-22/h9-16,23,26,35H,3-8,17-19H2,1-2H3,(H,29,37)/t26-/m0/s1. The molecule has 0 radical (unpaired) electrons. The molecule has 38 heavy (non-hydrogen) atoms. The summed E-state index contributed by atoms with van der Waals surface area (Å²) in [5.74, 6) is 0.530. The Labute approximate surface area is 223 Å². The Morgan fingerprint density at radius 1 is 1.13 bits per heavy atom. The van der Waals surface area contributed by atoms with Crippen LogP contribution in [0.3, 0.4) is 0 Å². The number of aliphatic hydroxyl groups is 1. The number of benzene rings is 2. The molecule has 1 heterocycles. The summed E-state index contributed by atoms with van der Waals surface area (Å²) in [6.07, 6.45) is 4.34. The normalized spacial score (nSPS) is 14.3. The van der Waals surface area contributed by atoms with E-state index in [9.17, 15) is 14.7 Å². The average molecular weight is 521 g/mol. The topological polar surface area (TPSA) is 122 Å². The van der Waals surface area contributed by atoms with Crippen LogP contribution in [-0.2, 0) is 16.1 Å². The summed E-state index contributed by atoms with van der Waals surface area (Å²) in [4.78, 5) is 30.0. The molecule has 202 valence electrons. The number of carbonyl (C=O) groups is 2. The van der Waals surface area contributed by atoms with Gasteiger partial charge in [-0.1, -0.05) is 54.8 Å². The highest BCUT2D eigenvalue weighted by Gasteiger charge is 2.33. The highest BCUT2D eigenvalue weighted by atomic mass is 16.5. The zero-order valence-electron chi connectivity index (χ0n) is 22.0. The number of nitrogens with one attached hydrogen (secondary N) is 1. The number of amides is 2. The molecule has 1 atom stereocenters. The van der Waals surface area contributed by atoms with E-state index in [0.717, 1.165) is 36.8 Å². The molecular weight excluding hydrogens is 484 g/mol. The van der Waals surface area contributed by atoms with Gasteiger partial charge in [-0.15, -0.1) is 10.2 Å². The first-order chi connectivity index (χ1) is 18.5. The van der Waals surface area contributed by atoms with E-state index in [1.165, 1.54) is 9.70 Å². The maximum atomic E-state index is 13.6. The van der Waals surface area contributed by atoms with Gasteiger partial charge in [0.2, 0.25) is 17.6 Å². The fourth-order valence-corrected chi connectivity index (χ4v) is 4.72. The Kier molecular flexibility index (Phi) is 9.42. The van der Waals surface area contributed by atoms with Crippen molar-refractivity contribution in [1.29, 1.82) is 0 Å². The first-order valence-corrected chi connectivity index (χ1v) is 13.3. The summed E-state index contributed by atoms with van der Waals surface area (Å²) in [7, 11) is 0. The number of tetrazole rings is 1. The zero-order chi connectivity index (χ0) is 26.9. The van der Waals surface area contributed by atoms with Crippen LogP contribution in [-0.4, -0.2) is 67.8 Å². The fraction of sp³-hybridized carbons (Fsp3) is 0.464. The summed E-state index contributed by atoms with van der Waals surface area (Å²) in [6.45, 7) is 4.34. The van der Waals surface area contributed by atoms with Gasteiger partial charge in [-0.05, 0) is 56.0 Å². The van der Waals surface area contributed by atoms with Gasteiger partial charge in [0.15, 0.2) is 0 Å². The third-order valence-electron chi connectivity index (χ3n) is 6.69. The number of aliphatic hydroxyl groups excluding tert-OH is 1. The highest BCUT2D eigenvalue weighted by Crippen LogP contribution is 2.27. The number of carbonyl (C=O) groups excluding carboxylic acids is 2. The summed E-state index contributed by atoms with van der Waals surface area (Å²) in [5.41, 5.74) is 2.59. The second-order valence-corrected chi connectivity index (χ2v) is 9.57. The highest BCUT2D eigenvalue weighted by molar-refractivity contribution is 5.89. The van der Waals surface area contributed by atoms with Crippen LogP contribution in [0.5, 0.6) is 5.75 Å². The van der Waals surface area contributed by atoms with Crippen molar-refractivity contribution in [2.24, 2.45) is 0 Å². The number of nitrogens with zero attached hydrogens (tertiary/aromatic N) is 5. The van der Waals surface area contributed by atoms with Crippen LogP contribution in [0.2, 0.25) is 0 Å². The summed E-state index contributed by atoms with van der Waals surface area (Å²) < 4.78 is 5.56. The van der Waals surface area contributed by atoms with Gasteiger partial charge in [0.1, 0.15) is 18.3 Å². The third-order valence-corrected chi connectivity index (χ3v) is 6.69. The second-order valence-electron chi connectivity index (χ2n) is 9.57. The molecule has 0 aliphatic heterocycles. The van der Waals surface area contributed by atoms with E-state index in [1.54, 1.807) is 12.1 Å². The van der Waals surface area contributed by atoms with E-state index in [1.807, 2.05) is 50.2 Å². The van der Waals surface area contributed by atoms with Crippen LogP contribution in [0.4, 0.5) is 0 Å². The minimum absolute atomic E-state index is 0.0940. The van der Waals surface area contributed by atoms with Gasteiger partial charge < -0.3 is 20.1 Å². The summed E-state index contributed by atoms with van der Waals surface area (Å²) >= 11 is 0. The second kappa shape index (κ2) is 13.1. The zero-order valence-corrected chi connectivity index (χ0v) is 22.0. The molecule has 10 heteroatoms. The Morgan fingerprint density at radius 3 is 2.50 bits per heavy atom. The van der Waals surface area contributed by atoms with Gasteiger partial charge in [0, 0.05) is 24.8 Å². The van der Waals surface area contributed by atoms with Crippen molar-refractivity contribution in [2.75, 3.05) is 19.8 Å². The largest absolute Gasteiger partial charge is 0.494 e. The molecule has 0 unspecified atom stereocenters. The quantitative estimate of drug-likeness (QED) is 0.376. The van der Waals surface area contributed by atoms with Crippen molar-refractivity contribution < 1.29 is 19.4 Å². The van der Waals surface area contributed by atoms with Crippen LogP contribution in [0, 0.1) is 6.92 Å². The van der Waals surface area contributed by atoms with Crippen LogP contribution in [0.25, 0.3) is 11.4 Å². The predicted octanol–water partition coefficient (Wildman–Crippen LogP) is 3.06. The lowest BCUT2D eigenvalue weighted by Gasteiger charge is -2.32. The molecule has 10 nitrogen and oxygen atoms in total. The SMILES string of the molecule is CCOc1ccc([C@@H](C(=O)NC2CCCC2)N(CCCO)C(=O)Cn2nnc(-c3ccc(C)cc3)n2)cc1. The van der Waals surface area contributed by atoms with Gasteiger partial charge in [-0.2, -0.15) is 4.80 Å². The van der Waals surface area contributed by atoms with Gasteiger partial charge in [0.05, 0.1) is 6.61 Å². The molecule has 3 aromatic rings. The van der Waals surface area contributed by atoms with Crippen molar-refractivity contribution in [3.8, 4) is 17.1 Å². The molecular formula is C28H36N6O4. The average Bonchev–Trinajstić information content (AvgIpc) is 3.60. The molecule has 1 saturated carbocycles. The van der Waals surface area contributed by atoms with Crippen molar-refractivity contribution >= 4 is 11.8 Å². The molecule has 4 rings (SSSR count). The predicted molar refractivity (Wildman–Crippen MR) is 142 cm³/mol. The van der Waals surface area contributed by atoms with Crippen LogP contribution >= 0.6 is 0 Å². The van der Waals surface area contributed by atoms with Crippen molar-refractivity contribution in [3.63, 3.8) is 0 Å². The van der Waals surface area contributed by atoms with Crippen molar-refractivity contribution in [2.45, 2.75) is 64.6 Å². The van der Waals surface area contributed by atoms with Crippen molar-refractivity contribution in [1.82, 2.24) is 30.4 Å². The molecule has 2 N–H and O–H groups in total. The minimum atomic E-state index is -0.870. The number of hydrogen-bond acceptors (Lipinski definition) is 7. The van der Waals surface area contributed by atoms with Gasteiger partial charge >= 0.3 is 0 Å². The molecule has 1 fully saturated rings. The van der Waals surface area contributed by atoms with Crippen LogP contribution in [0.1, 0.15) is 56.2 Å². The fourth-order valence-electron chi connectivity index (χ4n) is 4.72. The lowest BCUT2D eigenvalue weighted by molar-refractivity contribution is -0.142. The molecule has 0 bridgehead atoms. The Morgan fingerprint density at radius 2 is 1.84 bits per heavy atom. The molecule has 1 aromatic heterocycles. The minimum Gasteiger partial charge on any atom is -0.494 e. The number of aryl methyl sites for hydroxylation is 1. The molecule has 2 amide bonds. The number of rotatable bonds is 12. The summed E-state index contributed by atoms with van der Waals surface area (Å²) in [5, 5.41) is 25.3. The molecule has 0 spiro atoms. The lowest BCUT2D eigenvalue weighted by atomic mass is 10.0. The van der Waals surface area contributed by atoms with E-state index in [4.69, 9.17) is 4.74 Å². The number of hydrogen-bond donors (Lipinski definition) is 2. The molecule has 0 saturated heterocycles. The Bertz CT molecular complexity index is 1190. The van der Waals surface area contributed by atoms with Gasteiger partial charge in [-0.25, -0.2) is 0 Å². The van der Waals surface area contributed by atoms with E-state index >= 15 is 0 Å². The lowest BCUT2D eigenvalue weighted by Crippen LogP contribution is -2.47. The van der Waals surface area contributed by atoms with E-state index in [2.05, 4.69) is 20.7 Å². The maximum absolute atomic E-state index is 13.6. The van der Waals surface area contributed by atoms with E-state index in [-0.39, 0.29) is 37.6 Å². The monoisotopic (exact) mass is 520 g/mol. The summed E-state index contributed by atoms with van der Waals surface area (Å²) in [6, 6.07) is 14.2. The first-order valence-electron chi connectivity index (χ1n) is 13.3. The first kappa shape index (κ1) is 27.3. The Balaban J connectivity index is 1.59. The van der Waals surface area contributed by atoms with Gasteiger partial charge in [-0.3, -0.25) is 9.59 Å². The number of ether oxygens (including phenoxy) is 1.